The number of fused-ring (bicyclic) bond motifs is 1. The molecule has 0 spiro atoms. The van der Waals surface area contributed by atoms with Gasteiger partial charge in [0.15, 0.2) is 11.5 Å². The second-order valence-corrected chi connectivity index (χ2v) is 9.17. The van der Waals surface area contributed by atoms with Crippen LogP contribution >= 0.6 is 0 Å². The number of rotatable bonds is 9. The minimum Gasteiger partial charge on any atom is -0.486 e. The van der Waals surface area contributed by atoms with Crippen molar-refractivity contribution in [3.05, 3.63) is 23.8 Å². The SMILES string of the molecule is CCN1CCCC1.O=C(CCCCC1CCOCC1)NC[C@H](O)c1ccc2c(c1)OCCO2. The molecule has 4 rings (SSSR count). The molecule has 7 nitrogen and oxygen atoms in total. The third-order valence-electron chi connectivity index (χ3n) is 6.70. The van der Waals surface area contributed by atoms with Gasteiger partial charge in [0.25, 0.3) is 0 Å². The Kier molecular flexibility index (Phi) is 11.3. The van der Waals surface area contributed by atoms with Gasteiger partial charge in [-0.05, 0) is 75.4 Å². The second kappa shape index (κ2) is 14.4. The van der Waals surface area contributed by atoms with E-state index in [0.29, 0.717) is 36.7 Å². The van der Waals surface area contributed by atoms with Gasteiger partial charge in [-0.15, -0.1) is 0 Å². The summed E-state index contributed by atoms with van der Waals surface area (Å²) in [4.78, 5) is 14.5. The van der Waals surface area contributed by atoms with E-state index < -0.39 is 6.10 Å². The summed E-state index contributed by atoms with van der Waals surface area (Å²) in [6.07, 6.45) is 8.04. The van der Waals surface area contributed by atoms with Crippen molar-refractivity contribution >= 4 is 5.91 Å². The summed E-state index contributed by atoms with van der Waals surface area (Å²) in [6, 6.07) is 5.38. The molecule has 7 heteroatoms. The quantitative estimate of drug-likeness (QED) is 0.545. The second-order valence-electron chi connectivity index (χ2n) is 9.17. The number of carbonyl (C=O) groups excluding carboxylic acids is 1. The molecular formula is C26H42N2O5. The first-order valence-electron chi connectivity index (χ1n) is 12.8. The summed E-state index contributed by atoms with van der Waals surface area (Å²) >= 11 is 0. The van der Waals surface area contributed by atoms with E-state index in [1.54, 1.807) is 18.2 Å². The third-order valence-corrected chi connectivity index (χ3v) is 6.70. The number of aliphatic hydroxyl groups excluding tert-OH is 1. The fourth-order valence-corrected chi connectivity index (χ4v) is 4.54. The largest absolute Gasteiger partial charge is 0.486 e. The maximum absolute atomic E-state index is 12.0. The highest BCUT2D eigenvalue weighted by molar-refractivity contribution is 5.75. The van der Waals surface area contributed by atoms with Crippen LogP contribution in [0.1, 0.15) is 70.0 Å². The fraction of sp³-hybridized carbons (Fsp3) is 0.731. The van der Waals surface area contributed by atoms with Gasteiger partial charge < -0.3 is 29.5 Å². The molecule has 0 unspecified atom stereocenters. The number of aliphatic hydroxyl groups is 1. The van der Waals surface area contributed by atoms with Crippen LogP contribution in [-0.2, 0) is 9.53 Å². The number of nitrogens with zero attached hydrogens (tertiary/aromatic N) is 1. The van der Waals surface area contributed by atoms with Crippen LogP contribution in [0, 0.1) is 5.92 Å². The Balaban J connectivity index is 0.000000374. The predicted octanol–water partition coefficient (Wildman–Crippen LogP) is 3.70. The summed E-state index contributed by atoms with van der Waals surface area (Å²) in [5.41, 5.74) is 0.717. The Bertz CT molecular complexity index is 702. The van der Waals surface area contributed by atoms with Crippen molar-refractivity contribution in [1.82, 2.24) is 10.2 Å². The highest BCUT2D eigenvalue weighted by Crippen LogP contribution is 2.32. The van der Waals surface area contributed by atoms with E-state index in [2.05, 4.69) is 17.1 Å². The number of benzene rings is 1. The van der Waals surface area contributed by atoms with Crippen molar-refractivity contribution in [2.24, 2.45) is 5.92 Å². The van der Waals surface area contributed by atoms with Crippen LogP contribution in [0.2, 0.25) is 0 Å². The smallest absolute Gasteiger partial charge is 0.220 e. The van der Waals surface area contributed by atoms with E-state index in [9.17, 15) is 9.90 Å². The molecule has 2 saturated heterocycles. The monoisotopic (exact) mass is 462 g/mol. The summed E-state index contributed by atoms with van der Waals surface area (Å²) in [6.45, 7) is 9.18. The first-order chi connectivity index (χ1) is 16.2. The molecule has 2 N–H and O–H groups in total. The highest BCUT2D eigenvalue weighted by atomic mass is 16.6. The number of carbonyl (C=O) groups is 1. The van der Waals surface area contributed by atoms with Crippen molar-refractivity contribution < 1.29 is 24.1 Å². The predicted molar refractivity (Wildman–Crippen MR) is 129 cm³/mol. The van der Waals surface area contributed by atoms with Crippen molar-refractivity contribution in [2.75, 3.05) is 52.6 Å². The van der Waals surface area contributed by atoms with Gasteiger partial charge in [-0.1, -0.05) is 25.8 Å². The van der Waals surface area contributed by atoms with Gasteiger partial charge in [-0.3, -0.25) is 4.79 Å². The van der Waals surface area contributed by atoms with Crippen molar-refractivity contribution in [2.45, 2.75) is 64.4 Å². The molecule has 0 aliphatic carbocycles. The minimum atomic E-state index is -0.753. The van der Waals surface area contributed by atoms with Crippen LogP contribution in [0.5, 0.6) is 11.5 Å². The van der Waals surface area contributed by atoms with E-state index in [0.717, 1.165) is 44.8 Å². The lowest BCUT2D eigenvalue weighted by Gasteiger charge is -2.21. The van der Waals surface area contributed by atoms with Gasteiger partial charge in [0.2, 0.25) is 5.91 Å². The van der Waals surface area contributed by atoms with Crippen molar-refractivity contribution in [3.63, 3.8) is 0 Å². The first-order valence-corrected chi connectivity index (χ1v) is 12.8. The average molecular weight is 463 g/mol. The molecule has 0 bridgehead atoms. The molecule has 186 valence electrons. The van der Waals surface area contributed by atoms with Crippen molar-refractivity contribution in [1.29, 1.82) is 0 Å². The van der Waals surface area contributed by atoms with Gasteiger partial charge in [0.05, 0.1) is 6.10 Å². The Morgan fingerprint density at radius 2 is 1.82 bits per heavy atom. The number of ether oxygens (including phenoxy) is 3. The van der Waals surface area contributed by atoms with Gasteiger partial charge in [0.1, 0.15) is 13.2 Å². The number of hydrogen-bond acceptors (Lipinski definition) is 6. The molecule has 1 atom stereocenters. The summed E-state index contributed by atoms with van der Waals surface area (Å²) in [7, 11) is 0. The topological polar surface area (TPSA) is 80.3 Å². The van der Waals surface area contributed by atoms with Gasteiger partial charge in [-0.2, -0.15) is 0 Å². The number of amides is 1. The molecule has 3 heterocycles. The van der Waals surface area contributed by atoms with Gasteiger partial charge in [0, 0.05) is 26.2 Å². The average Bonchev–Trinajstić information content (AvgIpc) is 3.40. The maximum atomic E-state index is 12.0. The van der Waals surface area contributed by atoms with Crippen LogP contribution in [0.4, 0.5) is 0 Å². The van der Waals surface area contributed by atoms with E-state index >= 15 is 0 Å². The third kappa shape index (κ3) is 9.14. The molecule has 1 amide bonds. The van der Waals surface area contributed by atoms with Gasteiger partial charge in [-0.25, -0.2) is 0 Å². The maximum Gasteiger partial charge on any atom is 0.220 e. The molecule has 1 aromatic carbocycles. The molecule has 0 aromatic heterocycles. The number of nitrogens with one attached hydrogen (secondary N) is 1. The summed E-state index contributed by atoms with van der Waals surface area (Å²) < 4.78 is 16.4. The van der Waals surface area contributed by atoms with Crippen LogP contribution < -0.4 is 14.8 Å². The van der Waals surface area contributed by atoms with Crippen LogP contribution in [0.3, 0.4) is 0 Å². The minimum absolute atomic E-state index is 0.00595. The summed E-state index contributed by atoms with van der Waals surface area (Å²) in [5, 5.41) is 13.1. The van der Waals surface area contributed by atoms with Crippen LogP contribution in [-0.4, -0.2) is 68.5 Å². The highest BCUT2D eigenvalue weighted by Gasteiger charge is 2.17. The zero-order valence-electron chi connectivity index (χ0n) is 20.2. The van der Waals surface area contributed by atoms with E-state index in [1.165, 1.54) is 38.9 Å². The Morgan fingerprint density at radius 1 is 1.09 bits per heavy atom. The molecule has 3 aliphatic heterocycles. The molecule has 33 heavy (non-hydrogen) atoms. The lowest BCUT2D eigenvalue weighted by molar-refractivity contribution is -0.121. The standard InChI is InChI=1S/C20H29NO5.C6H13N/c22-17(16-5-6-18-19(13-16)26-12-11-25-18)14-21-20(23)4-2-1-3-15-7-9-24-10-8-15;1-2-7-5-3-4-6-7/h5-6,13,15,17,22H,1-4,7-12,14H2,(H,21,23);2-6H2,1H3/t17-;/m0./s1. The normalized spacial score (nSPS) is 19.5. The Morgan fingerprint density at radius 3 is 2.52 bits per heavy atom. The number of hydrogen-bond donors (Lipinski definition) is 2. The van der Waals surface area contributed by atoms with Crippen LogP contribution in [0.15, 0.2) is 18.2 Å². The van der Waals surface area contributed by atoms with E-state index in [4.69, 9.17) is 14.2 Å². The first kappa shape index (κ1) is 25.8. The molecule has 1 aromatic rings. The lowest BCUT2D eigenvalue weighted by Crippen LogP contribution is -2.28. The summed E-state index contributed by atoms with van der Waals surface area (Å²) in [5.74, 6) is 2.09. The number of likely N-dealkylation sites (tertiary alicyclic amines) is 1. The molecule has 0 radical (unpaired) electrons. The lowest BCUT2D eigenvalue weighted by atomic mass is 9.94. The Labute approximate surface area is 198 Å². The molecule has 2 fully saturated rings. The molecule has 3 aliphatic rings. The zero-order valence-corrected chi connectivity index (χ0v) is 20.2. The Hall–Kier alpha value is -1.83. The van der Waals surface area contributed by atoms with E-state index in [-0.39, 0.29) is 12.5 Å². The molecular weight excluding hydrogens is 420 g/mol. The van der Waals surface area contributed by atoms with Crippen LogP contribution in [0.25, 0.3) is 0 Å². The molecule has 0 saturated carbocycles. The number of unbranched alkanes of at least 4 members (excludes halogenated alkanes) is 1. The fourth-order valence-electron chi connectivity index (χ4n) is 4.54. The zero-order chi connectivity index (χ0) is 23.3. The van der Waals surface area contributed by atoms with Gasteiger partial charge >= 0.3 is 0 Å². The van der Waals surface area contributed by atoms with E-state index in [1.807, 2.05) is 0 Å². The van der Waals surface area contributed by atoms with Crippen molar-refractivity contribution in [3.8, 4) is 11.5 Å².